The summed E-state index contributed by atoms with van der Waals surface area (Å²) >= 11 is 5.89. The molecule has 2 N–H and O–H groups in total. The van der Waals surface area contributed by atoms with Crippen LogP contribution in [0, 0.1) is 5.92 Å². The molecular formula is C10H16ClN3O2. The molecular weight excluding hydrogens is 230 g/mol. The Labute approximate surface area is 99.0 Å². The average molecular weight is 246 g/mol. The van der Waals surface area contributed by atoms with Crippen molar-refractivity contribution < 1.29 is 5.11 Å². The van der Waals surface area contributed by atoms with E-state index in [1.807, 2.05) is 13.8 Å². The number of anilines is 1. The van der Waals surface area contributed by atoms with Crippen LogP contribution in [-0.4, -0.2) is 27.5 Å². The van der Waals surface area contributed by atoms with Crippen molar-refractivity contribution >= 4 is 17.3 Å². The van der Waals surface area contributed by atoms with Crippen molar-refractivity contribution in [3.63, 3.8) is 0 Å². The van der Waals surface area contributed by atoms with Crippen LogP contribution in [0.15, 0.2) is 11.0 Å². The van der Waals surface area contributed by atoms with E-state index in [4.69, 9.17) is 16.7 Å². The molecule has 0 fully saturated rings. The van der Waals surface area contributed by atoms with Gasteiger partial charge >= 0.3 is 0 Å². The molecule has 0 aliphatic carbocycles. The molecule has 0 aliphatic heterocycles. The number of halogens is 1. The third-order valence-corrected chi connectivity index (χ3v) is 2.79. The minimum Gasteiger partial charge on any atom is -0.394 e. The van der Waals surface area contributed by atoms with Gasteiger partial charge in [0, 0.05) is 7.05 Å². The van der Waals surface area contributed by atoms with Crippen molar-refractivity contribution in [1.82, 2.24) is 9.78 Å². The molecule has 1 aromatic rings. The molecule has 90 valence electrons. The summed E-state index contributed by atoms with van der Waals surface area (Å²) in [6.07, 6.45) is 1.48. The highest BCUT2D eigenvalue weighted by atomic mass is 35.5. The third kappa shape index (κ3) is 2.74. The lowest BCUT2D eigenvalue weighted by Crippen LogP contribution is -2.31. The Balaban J connectivity index is 2.98. The topological polar surface area (TPSA) is 67.2 Å². The van der Waals surface area contributed by atoms with Crippen molar-refractivity contribution in [1.29, 1.82) is 0 Å². The molecule has 0 bridgehead atoms. The summed E-state index contributed by atoms with van der Waals surface area (Å²) in [5, 5.41) is 16.1. The highest BCUT2D eigenvalue weighted by Crippen LogP contribution is 2.18. The molecule has 5 nitrogen and oxygen atoms in total. The number of aliphatic hydroxyl groups is 1. The van der Waals surface area contributed by atoms with Crippen LogP contribution in [0.1, 0.15) is 13.8 Å². The Kier molecular flexibility index (Phi) is 4.32. The van der Waals surface area contributed by atoms with E-state index in [0.29, 0.717) is 5.69 Å². The van der Waals surface area contributed by atoms with Crippen LogP contribution in [0.2, 0.25) is 5.02 Å². The number of rotatable bonds is 4. The summed E-state index contributed by atoms with van der Waals surface area (Å²) in [5.41, 5.74) is 0.102. The van der Waals surface area contributed by atoms with Crippen LogP contribution >= 0.6 is 11.6 Å². The highest BCUT2D eigenvalue weighted by Gasteiger charge is 2.15. The van der Waals surface area contributed by atoms with Gasteiger partial charge in [0.1, 0.15) is 5.02 Å². The first-order chi connectivity index (χ1) is 7.47. The van der Waals surface area contributed by atoms with Crippen LogP contribution < -0.4 is 10.9 Å². The molecule has 0 aliphatic rings. The first-order valence-corrected chi connectivity index (χ1v) is 5.44. The van der Waals surface area contributed by atoms with E-state index in [1.54, 1.807) is 0 Å². The van der Waals surface area contributed by atoms with Crippen LogP contribution in [-0.2, 0) is 7.05 Å². The molecule has 1 atom stereocenters. The zero-order chi connectivity index (χ0) is 12.3. The maximum Gasteiger partial charge on any atom is 0.287 e. The first-order valence-electron chi connectivity index (χ1n) is 5.06. The van der Waals surface area contributed by atoms with Gasteiger partial charge in [-0.25, -0.2) is 4.68 Å². The first kappa shape index (κ1) is 13.0. The van der Waals surface area contributed by atoms with Gasteiger partial charge in [-0.2, -0.15) is 5.10 Å². The Morgan fingerprint density at radius 2 is 2.25 bits per heavy atom. The lowest BCUT2D eigenvalue weighted by Gasteiger charge is -2.21. The van der Waals surface area contributed by atoms with Gasteiger partial charge in [0.05, 0.1) is 24.5 Å². The summed E-state index contributed by atoms with van der Waals surface area (Å²) in [5.74, 6) is 0.227. The summed E-state index contributed by atoms with van der Waals surface area (Å²) in [4.78, 5) is 11.5. The molecule has 0 saturated carbocycles. The van der Waals surface area contributed by atoms with E-state index in [9.17, 15) is 4.79 Å². The maximum absolute atomic E-state index is 11.5. The molecule has 0 spiro atoms. The second kappa shape index (κ2) is 5.32. The van der Waals surface area contributed by atoms with E-state index in [0.717, 1.165) is 4.68 Å². The number of nitrogens with zero attached hydrogens (tertiary/aromatic N) is 2. The normalized spacial score (nSPS) is 12.9. The number of hydrogen-bond donors (Lipinski definition) is 2. The van der Waals surface area contributed by atoms with E-state index >= 15 is 0 Å². The van der Waals surface area contributed by atoms with E-state index < -0.39 is 0 Å². The second-order valence-corrected chi connectivity index (χ2v) is 4.36. The molecule has 6 heteroatoms. The minimum atomic E-state index is -0.355. The van der Waals surface area contributed by atoms with Crippen molar-refractivity contribution in [2.45, 2.75) is 19.9 Å². The number of nitrogens with one attached hydrogen (secondary N) is 1. The van der Waals surface area contributed by atoms with Gasteiger partial charge in [-0.3, -0.25) is 4.79 Å². The predicted molar refractivity (Wildman–Crippen MR) is 63.8 cm³/mol. The molecule has 1 aromatic heterocycles. The second-order valence-electron chi connectivity index (χ2n) is 3.98. The van der Waals surface area contributed by atoms with Gasteiger partial charge in [0.15, 0.2) is 0 Å². The fourth-order valence-electron chi connectivity index (χ4n) is 1.23. The molecule has 0 saturated heterocycles. The van der Waals surface area contributed by atoms with E-state index in [-0.39, 0.29) is 29.1 Å². The Morgan fingerprint density at radius 3 is 2.75 bits per heavy atom. The molecule has 0 radical (unpaired) electrons. The Morgan fingerprint density at radius 1 is 1.62 bits per heavy atom. The van der Waals surface area contributed by atoms with Crippen LogP contribution in [0.4, 0.5) is 5.69 Å². The number of aromatic nitrogens is 2. The summed E-state index contributed by atoms with van der Waals surface area (Å²) < 4.78 is 1.16. The summed E-state index contributed by atoms with van der Waals surface area (Å²) in [7, 11) is 1.53. The number of aliphatic hydroxyl groups excluding tert-OH is 1. The number of aryl methyl sites for hydroxylation is 1. The van der Waals surface area contributed by atoms with Gasteiger partial charge in [0.25, 0.3) is 5.56 Å². The molecule has 0 aromatic carbocycles. The summed E-state index contributed by atoms with van der Waals surface area (Å²) in [6, 6.07) is -0.147. The Hall–Kier alpha value is -1.07. The standard InChI is InChI=1S/C10H16ClN3O2/c1-6(2)8(5-15)13-7-4-12-14(3)10(16)9(7)11/h4,6,8,13,15H,5H2,1-3H3/t8-/m1/s1. The quantitative estimate of drug-likeness (QED) is 0.826. The largest absolute Gasteiger partial charge is 0.394 e. The van der Waals surface area contributed by atoms with Crippen molar-refractivity contribution in [3.8, 4) is 0 Å². The lowest BCUT2D eigenvalue weighted by molar-refractivity contribution is 0.249. The molecule has 0 amide bonds. The van der Waals surface area contributed by atoms with Crippen LogP contribution in [0.5, 0.6) is 0 Å². The fraction of sp³-hybridized carbons (Fsp3) is 0.600. The minimum absolute atomic E-state index is 0.0246. The van der Waals surface area contributed by atoms with Gasteiger partial charge in [-0.1, -0.05) is 25.4 Å². The van der Waals surface area contributed by atoms with Crippen molar-refractivity contribution in [2.24, 2.45) is 13.0 Å². The monoisotopic (exact) mass is 245 g/mol. The molecule has 1 rings (SSSR count). The average Bonchev–Trinajstić information content (AvgIpc) is 2.25. The SMILES string of the molecule is CC(C)[C@@H](CO)Nc1cnn(C)c(=O)c1Cl. The molecule has 1 heterocycles. The van der Waals surface area contributed by atoms with E-state index in [1.165, 1.54) is 13.2 Å². The van der Waals surface area contributed by atoms with Gasteiger partial charge in [0.2, 0.25) is 0 Å². The van der Waals surface area contributed by atoms with Crippen LogP contribution in [0.3, 0.4) is 0 Å². The molecule has 16 heavy (non-hydrogen) atoms. The summed E-state index contributed by atoms with van der Waals surface area (Å²) in [6.45, 7) is 3.91. The molecule has 0 unspecified atom stereocenters. The highest BCUT2D eigenvalue weighted by molar-refractivity contribution is 6.32. The van der Waals surface area contributed by atoms with Gasteiger partial charge in [-0.05, 0) is 5.92 Å². The van der Waals surface area contributed by atoms with Crippen molar-refractivity contribution in [2.75, 3.05) is 11.9 Å². The predicted octanol–water partition coefficient (Wildman–Crippen LogP) is 0.862. The fourth-order valence-corrected chi connectivity index (χ4v) is 1.46. The zero-order valence-electron chi connectivity index (χ0n) is 9.57. The van der Waals surface area contributed by atoms with Gasteiger partial charge < -0.3 is 10.4 Å². The third-order valence-electron chi connectivity index (χ3n) is 2.42. The lowest BCUT2D eigenvalue weighted by atomic mass is 10.1. The number of hydrogen-bond acceptors (Lipinski definition) is 4. The zero-order valence-corrected chi connectivity index (χ0v) is 10.3. The van der Waals surface area contributed by atoms with Crippen molar-refractivity contribution in [3.05, 3.63) is 21.6 Å². The van der Waals surface area contributed by atoms with Gasteiger partial charge in [-0.15, -0.1) is 0 Å². The Bertz CT molecular complexity index is 417. The van der Waals surface area contributed by atoms with Crippen LogP contribution in [0.25, 0.3) is 0 Å². The maximum atomic E-state index is 11.5. The van der Waals surface area contributed by atoms with E-state index in [2.05, 4.69) is 10.4 Å². The smallest absolute Gasteiger partial charge is 0.287 e.